The number of rotatable bonds is 4. The molecule has 98 valence electrons. The smallest absolute Gasteiger partial charge is 0.135 e. The van der Waals surface area contributed by atoms with Crippen molar-refractivity contribution in [2.45, 2.75) is 26.9 Å². The molecular formula is C15H16N2O2. The lowest BCUT2D eigenvalue weighted by Crippen LogP contribution is -2.03. The van der Waals surface area contributed by atoms with E-state index in [0.29, 0.717) is 12.1 Å². The second-order valence-electron chi connectivity index (χ2n) is 4.53. The lowest BCUT2D eigenvalue weighted by Gasteiger charge is -2.07. The van der Waals surface area contributed by atoms with Crippen LogP contribution in [0.15, 0.2) is 30.5 Å². The summed E-state index contributed by atoms with van der Waals surface area (Å²) in [6.45, 7) is 3.45. The number of carbonyl (C=O) groups excluding carboxylic acids is 1. The topological polar surface area (TPSA) is 63.1 Å². The molecule has 19 heavy (non-hydrogen) atoms. The number of ketones is 1. The minimum atomic E-state index is 0.0302. The van der Waals surface area contributed by atoms with Crippen LogP contribution in [0.3, 0.4) is 0 Å². The Bertz CT molecular complexity index is 592. The number of aliphatic hydroxyl groups excluding tert-OH is 1. The summed E-state index contributed by atoms with van der Waals surface area (Å²) >= 11 is 0. The number of Topliss-reactive ketones (excluding diaryl/α,β-unsaturated/α-hetero) is 1. The molecule has 1 heterocycles. The van der Waals surface area contributed by atoms with Crippen LogP contribution in [0.25, 0.3) is 11.3 Å². The Kier molecular flexibility index (Phi) is 4.02. The van der Waals surface area contributed by atoms with Crippen molar-refractivity contribution in [1.29, 1.82) is 0 Å². The third-order valence-corrected chi connectivity index (χ3v) is 2.84. The van der Waals surface area contributed by atoms with E-state index in [1.54, 1.807) is 13.1 Å². The molecule has 0 spiro atoms. The molecule has 1 N–H and O–H groups in total. The van der Waals surface area contributed by atoms with Crippen molar-refractivity contribution in [1.82, 2.24) is 9.97 Å². The van der Waals surface area contributed by atoms with Crippen LogP contribution >= 0.6 is 0 Å². The number of aryl methyl sites for hydroxylation is 1. The van der Waals surface area contributed by atoms with Crippen LogP contribution in [0.4, 0.5) is 0 Å². The van der Waals surface area contributed by atoms with E-state index < -0.39 is 0 Å². The Labute approximate surface area is 112 Å². The summed E-state index contributed by atoms with van der Waals surface area (Å²) in [5.41, 5.74) is 4.12. The average molecular weight is 256 g/mol. The number of benzene rings is 1. The van der Waals surface area contributed by atoms with E-state index in [1.165, 1.54) is 0 Å². The Hall–Kier alpha value is -2.07. The third-order valence-electron chi connectivity index (χ3n) is 2.84. The van der Waals surface area contributed by atoms with Gasteiger partial charge in [0.05, 0.1) is 23.7 Å². The van der Waals surface area contributed by atoms with Crippen molar-refractivity contribution in [3.05, 3.63) is 47.4 Å². The average Bonchev–Trinajstić information content (AvgIpc) is 2.38. The van der Waals surface area contributed by atoms with Gasteiger partial charge in [0.1, 0.15) is 5.78 Å². The molecule has 0 aliphatic carbocycles. The largest absolute Gasteiger partial charge is 0.392 e. The molecule has 0 saturated carbocycles. The summed E-state index contributed by atoms with van der Waals surface area (Å²) < 4.78 is 0. The van der Waals surface area contributed by atoms with E-state index in [2.05, 4.69) is 9.97 Å². The van der Waals surface area contributed by atoms with Crippen molar-refractivity contribution in [2.75, 3.05) is 0 Å². The van der Waals surface area contributed by atoms with Crippen LogP contribution < -0.4 is 0 Å². The normalized spacial score (nSPS) is 10.5. The molecule has 0 aliphatic rings. The maximum Gasteiger partial charge on any atom is 0.135 e. The van der Waals surface area contributed by atoms with Gasteiger partial charge in [-0.1, -0.05) is 24.3 Å². The molecule has 1 aromatic heterocycles. The first-order valence-corrected chi connectivity index (χ1v) is 6.12. The molecule has 2 aromatic rings. The van der Waals surface area contributed by atoms with E-state index in [1.807, 2.05) is 31.2 Å². The molecule has 2 rings (SSSR count). The lowest BCUT2D eigenvalue weighted by molar-refractivity contribution is -0.116. The van der Waals surface area contributed by atoms with Crippen LogP contribution in [0.2, 0.25) is 0 Å². The number of hydrogen-bond acceptors (Lipinski definition) is 4. The molecule has 1 aromatic carbocycles. The summed E-state index contributed by atoms with van der Waals surface area (Å²) in [6, 6.07) is 7.54. The standard InChI is InChI=1S/C15H16N2O2/c1-10(19)7-14-8-16-15(11(2)17-14)13-5-3-12(9-18)4-6-13/h3-6,8,18H,7,9H2,1-2H3. The van der Waals surface area contributed by atoms with Crippen molar-refractivity contribution in [3.8, 4) is 11.3 Å². The summed E-state index contributed by atoms with van der Waals surface area (Å²) in [6.07, 6.45) is 1.96. The second-order valence-corrected chi connectivity index (χ2v) is 4.53. The maximum atomic E-state index is 11.1. The molecular weight excluding hydrogens is 240 g/mol. The minimum absolute atomic E-state index is 0.0302. The predicted molar refractivity (Wildman–Crippen MR) is 72.5 cm³/mol. The molecule has 0 saturated heterocycles. The van der Waals surface area contributed by atoms with E-state index >= 15 is 0 Å². The first-order chi connectivity index (χ1) is 9.10. The second kappa shape index (κ2) is 5.71. The third kappa shape index (κ3) is 3.23. The van der Waals surface area contributed by atoms with Gasteiger partial charge in [-0.25, -0.2) is 0 Å². The number of aliphatic hydroxyl groups is 1. The number of nitrogens with zero attached hydrogens (tertiary/aromatic N) is 2. The van der Waals surface area contributed by atoms with Crippen LogP contribution in [0.5, 0.6) is 0 Å². The highest BCUT2D eigenvalue weighted by atomic mass is 16.3. The minimum Gasteiger partial charge on any atom is -0.392 e. The van der Waals surface area contributed by atoms with Gasteiger partial charge in [0.2, 0.25) is 0 Å². The summed E-state index contributed by atoms with van der Waals surface area (Å²) in [5.74, 6) is 0.0775. The van der Waals surface area contributed by atoms with Crippen LogP contribution in [-0.2, 0) is 17.8 Å². The molecule has 0 amide bonds. The first-order valence-electron chi connectivity index (χ1n) is 6.12. The fourth-order valence-corrected chi connectivity index (χ4v) is 1.92. The van der Waals surface area contributed by atoms with Gasteiger partial charge >= 0.3 is 0 Å². The van der Waals surface area contributed by atoms with Gasteiger partial charge < -0.3 is 5.11 Å². The molecule has 0 atom stereocenters. The highest BCUT2D eigenvalue weighted by Crippen LogP contribution is 2.20. The van der Waals surface area contributed by atoms with Gasteiger partial charge in [0.15, 0.2) is 0 Å². The summed E-state index contributed by atoms with van der Waals surface area (Å²) in [4.78, 5) is 19.8. The predicted octanol–water partition coefficient (Wildman–Crippen LogP) is 2.08. The fourth-order valence-electron chi connectivity index (χ4n) is 1.92. The van der Waals surface area contributed by atoms with Crippen LogP contribution in [-0.4, -0.2) is 20.9 Å². The van der Waals surface area contributed by atoms with Crippen molar-refractivity contribution < 1.29 is 9.90 Å². The highest BCUT2D eigenvalue weighted by Gasteiger charge is 2.07. The number of carbonyl (C=O) groups is 1. The Morgan fingerprint density at radius 2 is 1.95 bits per heavy atom. The maximum absolute atomic E-state index is 11.1. The quantitative estimate of drug-likeness (QED) is 0.909. The van der Waals surface area contributed by atoms with E-state index in [4.69, 9.17) is 5.11 Å². The fraction of sp³-hybridized carbons (Fsp3) is 0.267. The SMILES string of the molecule is CC(=O)Cc1cnc(-c2ccc(CO)cc2)c(C)n1. The van der Waals surface area contributed by atoms with Crippen molar-refractivity contribution >= 4 is 5.78 Å². The van der Waals surface area contributed by atoms with E-state index in [-0.39, 0.29) is 12.4 Å². The molecule has 0 radical (unpaired) electrons. The van der Waals surface area contributed by atoms with Crippen molar-refractivity contribution in [3.63, 3.8) is 0 Å². The molecule has 0 bridgehead atoms. The number of aromatic nitrogens is 2. The van der Waals surface area contributed by atoms with Gasteiger partial charge in [0, 0.05) is 18.2 Å². The van der Waals surface area contributed by atoms with Crippen LogP contribution in [0.1, 0.15) is 23.9 Å². The molecule has 0 fully saturated rings. The zero-order chi connectivity index (χ0) is 13.8. The van der Waals surface area contributed by atoms with Gasteiger partial charge in [0.25, 0.3) is 0 Å². The molecule has 4 heteroatoms. The Morgan fingerprint density at radius 3 is 2.47 bits per heavy atom. The molecule has 4 nitrogen and oxygen atoms in total. The monoisotopic (exact) mass is 256 g/mol. The zero-order valence-electron chi connectivity index (χ0n) is 11.1. The van der Waals surface area contributed by atoms with Gasteiger partial charge in [-0.15, -0.1) is 0 Å². The molecule has 0 aliphatic heterocycles. The van der Waals surface area contributed by atoms with E-state index in [9.17, 15) is 4.79 Å². The zero-order valence-corrected chi connectivity index (χ0v) is 11.1. The summed E-state index contributed by atoms with van der Waals surface area (Å²) in [7, 11) is 0. The van der Waals surface area contributed by atoms with Gasteiger partial charge in [-0.3, -0.25) is 14.8 Å². The lowest BCUT2D eigenvalue weighted by atomic mass is 10.1. The van der Waals surface area contributed by atoms with E-state index in [0.717, 1.165) is 22.5 Å². The van der Waals surface area contributed by atoms with Crippen molar-refractivity contribution in [2.24, 2.45) is 0 Å². The van der Waals surface area contributed by atoms with Gasteiger partial charge in [-0.2, -0.15) is 0 Å². The Balaban J connectivity index is 2.31. The molecule has 0 unspecified atom stereocenters. The highest BCUT2D eigenvalue weighted by molar-refractivity contribution is 5.77. The van der Waals surface area contributed by atoms with Gasteiger partial charge in [-0.05, 0) is 19.4 Å². The first kappa shape index (κ1) is 13.4. The van der Waals surface area contributed by atoms with Crippen LogP contribution in [0, 0.1) is 6.92 Å². The number of hydrogen-bond donors (Lipinski definition) is 1. The summed E-state index contributed by atoms with van der Waals surface area (Å²) in [5, 5.41) is 9.01. The Morgan fingerprint density at radius 1 is 1.26 bits per heavy atom.